The van der Waals surface area contributed by atoms with Crippen molar-refractivity contribution in [1.29, 1.82) is 0 Å². The Hall–Kier alpha value is -1.38. The van der Waals surface area contributed by atoms with Gasteiger partial charge >= 0.3 is 0 Å². The van der Waals surface area contributed by atoms with E-state index in [0.29, 0.717) is 5.92 Å². The largest absolute Gasteiger partial charge is 0.340 e. The SMILES string of the molecule is Cc1cnc2nc(C(C)C3CC3)[nH]c2c1. The van der Waals surface area contributed by atoms with Crippen molar-refractivity contribution in [1.82, 2.24) is 15.0 Å². The maximum absolute atomic E-state index is 4.55. The van der Waals surface area contributed by atoms with Crippen LogP contribution in [0.25, 0.3) is 11.2 Å². The average Bonchev–Trinajstić information content (AvgIpc) is 2.97. The predicted molar refractivity (Wildman–Crippen MR) is 59.8 cm³/mol. The van der Waals surface area contributed by atoms with E-state index < -0.39 is 0 Å². The second-order valence-corrected chi connectivity index (χ2v) is 4.63. The van der Waals surface area contributed by atoms with Crippen LogP contribution in [0.5, 0.6) is 0 Å². The third-order valence-electron chi connectivity index (χ3n) is 3.25. The number of hydrogen-bond donors (Lipinski definition) is 1. The molecular weight excluding hydrogens is 186 g/mol. The van der Waals surface area contributed by atoms with Gasteiger partial charge in [-0.2, -0.15) is 0 Å². The number of nitrogens with one attached hydrogen (secondary N) is 1. The lowest BCUT2D eigenvalue weighted by molar-refractivity contribution is 0.630. The third-order valence-corrected chi connectivity index (χ3v) is 3.25. The Morgan fingerprint density at radius 3 is 3.00 bits per heavy atom. The van der Waals surface area contributed by atoms with Crippen LogP contribution in [0.4, 0.5) is 0 Å². The zero-order valence-corrected chi connectivity index (χ0v) is 9.12. The first-order valence-electron chi connectivity index (χ1n) is 5.56. The summed E-state index contributed by atoms with van der Waals surface area (Å²) in [5.74, 6) is 2.50. The Morgan fingerprint density at radius 1 is 1.47 bits per heavy atom. The molecule has 15 heavy (non-hydrogen) atoms. The van der Waals surface area contributed by atoms with E-state index in [1.807, 2.05) is 6.20 Å². The van der Waals surface area contributed by atoms with Crippen LogP contribution in [0.1, 0.15) is 37.1 Å². The zero-order valence-electron chi connectivity index (χ0n) is 9.12. The lowest BCUT2D eigenvalue weighted by Crippen LogP contribution is -1.97. The number of hydrogen-bond acceptors (Lipinski definition) is 2. The Labute approximate surface area is 88.9 Å². The van der Waals surface area contributed by atoms with Crippen molar-refractivity contribution in [2.24, 2.45) is 5.92 Å². The first-order valence-corrected chi connectivity index (χ1v) is 5.56. The number of imidazole rings is 1. The van der Waals surface area contributed by atoms with E-state index in [4.69, 9.17) is 0 Å². The Morgan fingerprint density at radius 2 is 2.27 bits per heavy atom. The van der Waals surface area contributed by atoms with Crippen LogP contribution >= 0.6 is 0 Å². The molecule has 3 rings (SSSR count). The summed E-state index contributed by atoms with van der Waals surface area (Å²) >= 11 is 0. The molecule has 0 saturated heterocycles. The lowest BCUT2D eigenvalue weighted by atomic mass is 10.1. The van der Waals surface area contributed by atoms with Crippen LogP contribution in [0, 0.1) is 12.8 Å². The zero-order chi connectivity index (χ0) is 10.4. The highest BCUT2D eigenvalue weighted by Gasteiger charge is 2.30. The van der Waals surface area contributed by atoms with Crippen molar-refractivity contribution in [2.45, 2.75) is 32.6 Å². The summed E-state index contributed by atoms with van der Waals surface area (Å²) in [4.78, 5) is 12.3. The maximum atomic E-state index is 4.55. The first kappa shape index (κ1) is 8.89. The molecule has 0 bridgehead atoms. The van der Waals surface area contributed by atoms with Gasteiger partial charge in [0, 0.05) is 12.1 Å². The smallest absolute Gasteiger partial charge is 0.177 e. The van der Waals surface area contributed by atoms with E-state index >= 15 is 0 Å². The molecule has 2 aromatic heterocycles. The molecular formula is C12H15N3. The third kappa shape index (κ3) is 1.52. The molecule has 1 aliphatic rings. The Balaban J connectivity index is 2.05. The number of aromatic amines is 1. The van der Waals surface area contributed by atoms with Crippen molar-refractivity contribution < 1.29 is 0 Å². The monoisotopic (exact) mass is 201 g/mol. The number of H-pyrrole nitrogens is 1. The average molecular weight is 201 g/mol. The van der Waals surface area contributed by atoms with Crippen molar-refractivity contribution in [3.63, 3.8) is 0 Å². The van der Waals surface area contributed by atoms with Crippen LogP contribution < -0.4 is 0 Å². The molecule has 1 unspecified atom stereocenters. The topological polar surface area (TPSA) is 41.6 Å². The number of pyridine rings is 1. The highest BCUT2D eigenvalue weighted by molar-refractivity contribution is 5.71. The van der Waals surface area contributed by atoms with Gasteiger partial charge in [-0.3, -0.25) is 0 Å². The number of fused-ring (bicyclic) bond motifs is 1. The van der Waals surface area contributed by atoms with E-state index in [1.165, 1.54) is 18.4 Å². The molecule has 0 aromatic carbocycles. The van der Waals surface area contributed by atoms with Crippen LogP contribution in [-0.4, -0.2) is 15.0 Å². The lowest BCUT2D eigenvalue weighted by Gasteiger charge is -2.03. The van der Waals surface area contributed by atoms with Gasteiger partial charge in [-0.1, -0.05) is 6.92 Å². The van der Waals surface area contributed by atoms with Gasteiger partial charge in [0.2, 0.25) is 0 Å². The summed E-state index contributed by atoms with van der Waals surface area (Å²) in [5.41, 5.74) is 3.09. The molecule has 1 fully saturated rings. The number of aromatic nitrogens is 3. The molecule has 1 N–H and O–H groups in total. The normalized spacial score (nSPS) is 18.3. The predicted octanol–water partition coefficient (Wildman–Crippen LogP) is 2.78. The summed E-state index contributed by atoms with van der Waals surface area (Å²) in [6.07, 6.45) is 4.57. The molecule has 1 aliphatic carbocycles. The molecule has 2 heterocycles. The van der Waals surface area contributed by atoms with E-state index in [0.717, 1.165) is 22.9 Å². The highest BCUT2D eigenvalue weighted by atomic mass is 15.0. The standard InChI is InChI=1S/C12H15N3/c1-7-5-10-12(13-6-7)15-11(14-10)8(2)9-3-4-9/h5-6,8-9H,3-4H2,1-2H3,(H,13,14,15). The van der Waals surface area contributed by atoms with Gasteiger partial charge in [-0.25, -0.2) is 9.97 Å². The highest BCUT2D eigenvalue weighted by Crippen LogP contribution is 2.41. The molecule has 1 atom stereocenters. The molecule has 3 heteroatoms. The van der Waals surface area contributed by atoms with Crippen LogP contribution in [0.15, 0.2) is 12.3 Å². The molecule has 0 radical (unpaired) electrons. The van der Waals surface area contributed by atoms with E-state index in [2.05, 4.69) is 34.9 Å². The van der Waals surface area contributed by atoms with Gasteiger partial charge in [0.05, 0.1) is 5.52 Å². The van der Waals surface area contributed by atoms with Gasteiger partial charge in [-0.05, 0) is 37.3 Å². The minimum atomic E-state index is 0.555. The molecule has 0 amide bonds. The molecule has 3 nitrogen and oxygen atoms in total. The molecule has 1 saturated carbocycles. The minimum Gasteiger partial charge on any atom is -0.340 e. The Kier molecular flexibility index (Phi) is 1.81. The van der Waals surface area contributed by atoms with Gasteiger partial charge in [0.15, 0.2) is 5.65 Å². The summed E-state index contributed by atoms with van der Waals surface area (Å²) in [6, 6.07) is 2.11. The first-order chi connectivity index (χ1) is 7.24. The summed E-state index contributed by atoms with van der Waals surface area (Å²) < 4.78 is 0. The van der Waals surface area contributed by atoms with Gasteiger partial charge in [0.1, 0.15) is 5.82 Å². The maximum Gasteiger partial charge on any atom is 0.177 e. The van der Waals surface area contributed by atoms with Crippen LogP contribution in [0.3, 0.4) is 0 Å². The second kappa shape index (κ2) is 3.05. The molecule has 78 valence electrons. The van der Waals surface area contributed by atoms with Crippen molar-refractivity contribution in [3.05, 3.63) is 23.7 Å². The van der Waals surface area contributed by atoms with Crippen molar-refractivity contribution in [2.75, 3.05) is 0 Å². The fourth-order valence-corrected chi connectivity index (χ4v) is 2.06. The summed E-state index contributed by atoms with van der Waals surface area (Å²) in [6.45, 7) is 4.31. The Bertz CT molecular complexity index is 497. The van der Waals surface area contributed by atoms with Gasteiger partial charge in [-0.15, -0.1) is 0 Å². The van der Waals surface area contributed by atoms with E-state index in [9.17, 15) is 0 Å². The molecule has 0 aliphatic heterocycles. The fraction of sp³-hybridized carbons (Fsp3) is 0.500. The van der Waals surface area contributed by atoms with Crippen LogP contribution in [0.2, 0.25) is 0 Å². The number of rotatable bonds is 2. The van der Waals surface area contributed by atoms with Gasteiger partial charge in [0.25, 0.3) is 0 Å². The molecule has 0 spiro atoms. The minimum absolute atomic E-state index is 0.555. The fourth-order valence-electron chi connectivity index (χ4n) is 2.06. The second-order valence-electron chi connectivity index (χ2n) is 4.63. The van der Waals surface area contributed by atoms with E-state index in [-0.39, 0.29) is 0 Å². The number of nitrogens with zero attached hydrogens (tertiary/aromatic N) is 2. The molecule has 2 aromatic rings. The van der Waals surface area contributed by atoms with E-state index in [1.54, 1.807) is 0 Å². The van der Waals surface area contributed by atoms with Gasteiger partial charge < -0.3 is 4.98 Å². The van der Waals surface area contributed by atoms with Crippen molar-refractivity contribution >= 4 is 11.2 Å². The number of aryl methyl sites for hydroxylation is 1. The van der Waals surface area contributed by atoms with Crippen LogP contribution in [-0.2, 0) is 0 Å². The summed E-state index contributed by atoms with van der Waals surface area (Å²) in [7, 11) is 0. The quantitative estimate of drug-likeness (QED) is 0.811. The summed E-state index contributed by atoms with van der Waals surface area (Å²) in [5, 5.41) is 0. The van der Waals surface area contributed by atoms with Crippen molar-refractivity contribution in [3.8, 4) is 0 Å².